The normalized spacial score (nSPS) is 22.9. The van der Waals surface area contributed by atoms with Gasteiger partial charge in [0.25, 0.3) is 0 Å². The number of alkyl carbamates (subject to hydrolysis) is 1. The van der Waals surface area contributed by atoms with Crippen molar-refractivity contribution in [3.8, 4) is 11.1 Å². The second-order valence-electron chi connectivity index (χ2n) is 10.8. The first-order chi connectivity index (χ1) is 16.7. The Morgan fingerprint density at radius 1 is 1.09 bits per heavy atom. The number of ether oxygens (including phenoxy) is 1. The van der Waals surface area contributed by atoms with Gasteiger partial charge >= 0.3 is 12.1 Å². The SMILES string of the molecule is CC(C)(CC(=O)N1CC2CCCC2(C(=O)O)C1)NC(=O)OCC1c2ccccc2-c2ccccc21. The van der Waals surface area contributed by atoms with Crippen molar-refractivity contribution in [2.75, 3.05) is 19.7 Å². The number of hydrogen-bond acceptors (Lipinski definition) is 4. The van der Waals surface area contributed by atoms with E-state index >= 15 is 0 Å². The van der Waals surface area contributed by atoms with E-state index in [1.807, 2.05) is 24.3 Å². The summed E-state index contributed by atoms with van der Waals surface area (Å²) in [6.07, 6.45) is 1.88. The predicted octanol–water partition coefficient (Wildman–Crippen LogP) is 4.41. The quantitative estimate of drug-likeness (QED) is 0.644. The van der Waals surface area contributed by atoms with Gasteiger partial charge in [0.15, 0.2) is 0 Å². The number of likely N-dealkylation sites (tertiary alicyclic amines) is 1. The molecule has 2 fully saturated rings. The minimum absolute atomic E-state index is 0.0159. The van der Waals surface area contributed by atoms with Crippen LogP contribution in [0.2, 0.25) is 0 Å². The van der Waals surface area contributed by atoms with Crippen molar-refractivity contribution < 1.29 is 24.2 Å². The summed E-state index contributed by atoms with van der Waals surface area (Å²) in [7, 11) is 0. The molecule has 0 bridgehead atoms. The standard InChI is InChI=1S/C28H32N2O5/c1-27(2,14-24(31)30-15-18-8-7-13-28(18,17-30)25(32)33)29-26(34)35-16-23-21-11-5-3-9-19(21)20-10-4-6-12-22(20)23/h3-6,9-12,18,23H,7-8,13-17H2,1-2H3,(H,29,34)(H,32,33). The molecule has 2 aromatic rings. The summed E-state index contributed by atoms with van der Waals surface area (Å²) in [4.78, 5) is 39.3. The number of hydrogen-bond donors (Lipinski definition) is 2. The van der Waals surface area contributed by atoms with Crippen molar-refractivity contribution in [3.63, 3.8) is 0 Å². The highest BCUT2D eigenvalue weighted by Gasteiger charge is 2.55. The maximum Gasteiger partial charge on any atom is 0.407 e. The van der Waals surface area contributed by atoms with E-state index in [9.17, 15) is 19.5 Å². The Labute approximate surface area is 205 Å². The highest BCUT2D eigenvalue weighted by molar-refractivity contribution is 5.83. The van der Waals surface area contributed by atoms with Gasteiger partial charge in [0.05, 0.1) is 5.41 Å². The number of aliphatic carboxylic acids is 1. The number of carbonyl (C=O) groups is 3. The van der Waals surface area contributed by atoms with Crippen LogP contribution in [0.1, 0.15) is 56.6 Å². The molecule has 3 aliphatic rings. The van der Waals surface area contributed by atoms with Gasteiger partial charge in [-0.3, -0.25) is 9.59 Å². The zero-order valence-electron chi connectivity index (χ0n) is 20.3. The third kappa shape index (κ3) is 4.17. The summed E-state index contributed by atoms with van der Waals surface area (Å²) in [6, 6.07) is 16.3. The van der Waals surface area contributed by atoms with E-state index in [1.54, 1.807) is 18.7 Å². The summed E-state index contributed by atoms with van der Waals surface area (Å²) in [5.74, 6) is -0.952. The van der Waals surface area contributed by atoms with Crippen LogP contribution >= 0.6 is 0 Å². The number of rotatable bonds is 6. The van der Waals surface area contributed by atoms with Gasteiger partial charge < -0.3 is 20.1 Å². The third-order valence-corrected chi connectivity index (χ3v) is 8.03. The summed E-state index contributed by atoms with van der Waals surface area (Å²) in [5, 5.41) is 12.6. The van der Waals surface area contributed by atoms with Crippen LogP contribution in [0, 0.1) is 11.3 Å². The molecule has 7 nitrogen and oxygen atoms in total. The van der Waals surface area contributed by atoms with E-state index in [-0.39, 0.29) is 37.3 Å². The molecule has 2 aromatic carbocycles. The average molecular weight is 477 g/mol. The lowest BCUT2D eigenvalue weighted by atomic mass is 9.81. The summed E-state index contributed by atoms with van der Waals surface area (Å²) >= 11 is 0. The van der Waals surface area contributed by atoms with Crippen LogP contribution in [0.4, 0.5) is 4.79 Å². The highest BCUT2D eigenvalue weighted by atomic mass is 16.5. The molecule has 2 unspecified atom stereocenters. The van der Waals surface area contributed by atoms with Crippen LogP contribution in [0.25, 0.3) is 11.1 Å². The smallest absolute Gasteiger partial charge is 0.407 e. The van der Waals surface area contributed by atoms with Crippen LogP contribution in [0.15, 0.2) is 48.5 Å². The van der Waals surface area contributed by atoms with E-state index in [0.29, 0.717) is 13.0 Å². The molecular formula is C28H32N2O5. The molecule has 1 saturated heterocycles. The number of nitrogens with one attached hydrogen (secondary N) is 1. The van der Waals surface area contributed by atoms with Crippen LogP contribution in [0.3, 0.4) is 0 Å². The lowest BCUT2D eigenvalue weighted by Gasteiger charge is -2.29. The third-order valence-electron chi connectivity index (χ3n) is 8.03. The van der Waals surface area contributed by atoms with Crippen LogP contribution < -0.4 is 5.32 Å². The Bertz CT molecular complexity index is 1130. The predicted molar refractivity (Wildman–Crippen MR) is 131 cm³/mol. The van der Waals surface area contributed by atoms with Gasteiger partial charge in [0.2, 0.25) is 5.91 Å². The lowest BCUT2D eigenvalue weighted by molar-refractivity contribution is -0.149. The van der Waals surface area contributed by atoms with E-state index in [0.717, 1.165) is 35.1 Å². The number of carboxylic acid groups (broad SMARTS) is 1. The molecule has 1 heterocycles. The number of amides is 2. The Morgan fingerprint density at radius 3 is 2.31 bits per heavy atom. The Hall–Kier alpha value is -3.35. The van der Waals surface area contributed by atoms with Gasteiger partial charge in [-0.05, 0) is 54.9 Å². The number of fused-ring (bicyclic) bond motifs is 4. The molecule has 2 amide bonds. The molecule has 2 N–H and O–H groups in total. The van der Waals surface area contributed by atoms with Crippen LogP contribution in [-0.2, 0) is 14.3 Å². The average Bonchev–Trinajstić information content (AvgIpc) is 3.47. The number of benzene rings is 2. The van der Waals surface area contributed by atoms with Gasteiger partial charge in [0.1, 0.15) is 6.61 Å². The van der Waals surface area contributed by atoms with E-state index in [2.05, 4.69) is 29.6 Å². The minimum Gasteiger partial charge on any atom is -0.481 e. The van der Waals surface area contributed by atoms with Gasteiger partial charge in [-0.2, -0.15) is 0 Å². The molecule has 0 aromatic heterocycles. The molecule has 0 spiro atoms. The molecular weight excluding hydrogens is 444 g/mol. The van der Waals surface area contributed by atoms with Crippen molar-refractivity contribution in [3.05, 3.63) is 59.7 Å². The number of carboxylic acids is 1. The van der Waals surface area contributed by atoms with E-state index < -0.39 is 23.0 Å². The first-order valence-corrected chi connectivity index (χ1v) is 12.3. The first kappa shape index (κ1) is 23.4. The van der Waals surface area contributed by atoms with Crippen molar-refractivity contribution in [1.82, 2.24) is 10.2 Å². The zero-order valence-corrected chi connectivity index (χ0v) is 20.3. The first-order valence-electron chi connectivity index (χ1n) is 12.3. The molecule has 1 saturated carbocycles. The summed E-state index contributed by atoms with van der Waals surface area (Å²) in [6.45, 7) is 4.52. The summed E-state index contributed by atoms with van der Waals surface area (Å²) in [5.41, 5.74) is 2.98. The minimum atomic E-state index is -0.826. The molecule has 2 atom stereocenters. The van der Waals surface area contributed by atoms with Gasteiger partial charge in [-0.1, -0.05) is 55.0 Å². The fourth-order valence-corrected chi connectivity index (χ4v) is 6.27. The summed E-state index contributed by atoms with van der Waals surface area (Å²) < 4.78 is 5.64. The van der Waals surface area contributed by atoms with Crippen LogP contribution in [-0.4, -0.2) is 53.2 Å². The van der Waals surface area contributed by atoms with Gasteiger partial charge in [0, 0.05) is 31.0 Å². The molecule has 2 aliphatic carbocycles. The highest BCUT2D eigenvalue weighted by Crippen LogP contribution is 2.49. The van der Waals surface area contributed by atoms with Crippen molar-refractivity contribution in [1.29, 1.82) is 0 Å². The monoisotopic (exact) mass is 476 g/mol. The second kappa shape index (κ2) is 8.70. The van der Waals surface area contributed by atoms with Crippen molar-refractivity contribution in [2.45, 2.75) is 51.0 Å². The number of nitrogens with zero attached hydrogens (tertiary/aromatic N) is 1. The molecule has 1 aliphatic heterocycles. The maximum absolute atomic E-state index is 13.0. The fraction of sp³-hybridized carbons (Fsp3) is 0.464. The molecule has 0 radical (unpaired) electrons. The lowest BCUT2D eigenvalue weighted by Crippen LogP contribution is -2.48. The maximum atomic E-state index is 13.0. The number of carbonyl (C=O) groups excluding carboxylic acids is 2. The molecule has 5 rings (SSSR count). The molecule has 184 valence electrons. The van der Waals surface area contributed by atoms with Crippen molar-refractivity contribution >= 4 is 18.0 Å². The largest absolute Gasteiger partial charge is 0.481 e. The topological polar surface area (TPSA) is 95.9 Å². The van der Waals surface area contributed by atoms with Crippen LogP contribution in [0.5, 0.6) is 0 Å². The Kier molecular flexibility index (Phi) is 5.82. The van der Waals surface area contributed by atoms with E-state index in [1.165, 1.54) is 0 Å². The fourth-order valence-electron chi connectivity index (χ4n) is 6.27. The van der Waals surface area contributed by atoms with E-state index in [4.69, 9.17) is 4.74 Å². The van der Waals surface area contributed by atoms with Crippen molar-refractivity contribution in [2.24, 2.45) is 11.3 Å². The van der Waals surface area contributed by atoms with Gasteiger partial charge in [-0.15, -0.1) is 0 Å². The Morgan fingerprint density at radius 2 is 1.71 bits per heavy atom. The Balaban J connectivity index is 1.18. The second-order valence-corrected chi connectivity index (χ2v) is 10.8. The van der Waals surface area contributed by atoms with Gasteiger partial charge in [-0.25, -0.2) is 4.79 Å². The molecule has 7 heteroatoms. The molecule has 35 heavy (non-hydrogen) atoms. The zero-order chi connectivity index (χ0) is 24.8.